The van der Waals surface area contributed by atoms with Gasteiger partial charge in [0, 0.05) is 11.8 Å². The highest BCUT2D eigenvalue weighted by molar-refractivity contribution is 14.1. The van der Waals surface area contributed by atoms with Gasteiger partial charge < -0.3 is 19.7 Å². The molecular weight excluding hydrogens is 530 g/mol. The predicted octanol–water partition coefficient (Wildman–Crippen LogP) is 1.68. The van der Waals surface area contributed by atoms with Crippen molar-refractivity contribution in [3.63, 3.8) is 0 Å². The van der Waals surface area contributed by atoms with Crippen LogP contribution in [-0.4, -0.2) is 34.4 Å². The van der Waals surface area contributed by atoms with Crippen molar-refractivity contribution in [3.8, 4) is 11.5 Å². The Hall–Kier alpha value is -0.620. The first-order valence-electron chi connectivity index (χ1n) is 7.16. The van der Waals surface area contributed by atoms with Gasteiger partial charge in [0.1, 0.15) is 17.6 Å². The molecule has 6 nitrogen and oxygen atoms in total. The highest BCUT2D eigenvalue weighted by Gasteiger charge is 2.68. The number of carbonyl (C=O) groups is 2. The smallest absolute Gasteiger partial charge is 0.315 e. The molecule has 1 aromatic carbocycles. The molecule has 8 heteroatoms. The van der Waals surface area contributed by atoms with E-state index in [2.05, 4.69) is 0 Å². The van der Waals surface area contributed by atoms with Crippen LogP contribution in [0.15, 0.2) is 12.1 Å². The molecule has 1 saturated heterocycles. The number of aliphatic hydroxyl groups excluding tert-OH is 1. The second-order valence-corrected chi connectivity index (χ2v) is 8.49. The second-order valence-electron chi connectivity index (χ2n) is 6.16. The van der Waals surface area contributed by atoms with E-state index in [0.29, 0.717) is 19.3 Å². The molecule has 0 amide bonds. The molecule has 2 saturated carbocycles. The van der Waals surface area contributed by atoms with Crippen LogP contribution in [0.1, 0.15) is 6.42 Å². The van der Waals surface area contributed by atoms with Crippen LogP contribution in [0.2, 0.25) is 0 Å². The summed E-state index contributed by atoms with van der Waals surface area (Å²) >= 11 is 3.92. The van der Waals surface area contributed by atoms with Crippen molar-refractivity contribution in [1.29, 1.82) is 0 Å². The number of benzene rings is 1. The average Bonchev–Trinajstić information content (AvgIpc) is 3.08. The molecule has 1 heterocycles. The summed E-state index contributed by atoms with van der Waals surface area (Å²) in [6, 6.07) is 3.09. The lowest BCUT2D eigenvalue weighted by molar-refractivity contribution is -0.149. The van der Waals surface area contributed by atoms with Crippen LogP contribution in [0.4, 0.5) is 0 Å². The van der Waals surface area contributed by atoms with Crippen LogP contribution in [0.25, 0.3) is 0 Å². The van der Waals surface area contributed by atoms with Crippen LogP contribution >= 0.6 is 45.2 Å². The summed E-state index contributed by atoms with van der Waals surface area (Å²) in [5.74, 6) is -2.00. The molecule has 3 aliphatic rings. The van der Waals surface area contributed by atoms with Gasteiger partial charge in [0.2, 0.25) is 0 Å². The third-order valence-electron chi connectivity index (χ3n) is 5.06. The topological polar surface area (TPSA) is 93.1 Å². The Kier molecular flexibility index (Phi) is 3.76. The van der Waals surface area contributed by atoms with Crippen molar-refractivity contribution in [3.05, 3.63) is 19.3 Å². The van der Waals surface area contributed by atoms with Crippen LogP contribution in [0.5, 0.6) is 11.5 Å². The normalized spacial score (nSPS) is 37.1. The number of carbonyl (C=O) groups excluding carboxylic acids is 2. The number of ether oxygens (including phenoxy) is 2. The summed E-state index contributed by atoms with van der Waals surface area (Å²) < 4.78 is 11.9. The molecule has 1 aliphatic heterocycles. The third-order valence-corrected chi connectivity index (χ3v) is 6.77. The summed E-state index contributed by atoms with van der Waals surface area (Å²) in [6.45, 7) is 0. The quantitative estimate of drug-likeness (QED) is 0.336. The van der Waals surface area contributed by atoms with Gasteiger partial charge in [-0.3, -0.25) is 9.59 Å². The van der Waals surface area contributed by atoms with Crippen molar-refractivity contribution in [2.75, 3.05) is 0 Å². The summed E-state index contributed by atoms with van der Waals surface area (Å²) in [7, 11) is 0. The number of hydrogen-bond acceptors (Lipinski definition) is 6. The van der Waals surface area contributed by atoms with Gasteiger partial charge in [-0.05, 0) is 63.7 Å². The number of aromatic hydroxyl groups is 1. The van der Waals surface area contributed by atoms with Crippen LogP contribution < -0.4 is 4.74 Å². The standard InChI is InChI=1S/C15H12I2O6/c16-6-3-9(7(17)2-8(6)18)22-14(20)10-4-1-5-11(10)15(21)23-13(5)12(4)19/h2-5,10-13,18-19H,1H2. The molecular formula is C15H12I2O6. The maximum Gasteiger partial charge on any atom is 0.315 e. The van der Waals surface area contributed by atoms with Crippen molar-refractivity contribution in [2.24, 2.45) is 23.7 Å². The Bertz CT molecular complexity index is 720. The van der Waals surface area contributed by atoms with E-state index in [0.717, 1.165) is 0 Å². The number of rotatable bonds is 2. The van der Waals surface area contributed by atoms with E-state index >= 15 is 0 Å². The molecule has 0 spiro atoms. The van der Waals surface area contributed by atoms with Crippen molar-refractivity contribution < 1.29 is 29.3 Å². The molecule has 23 heavy (non-hydrogen) atoms. The van der Waals surface area contributed by atoms with E-state index in [4.69, 9.17) is 9.47 Å². The van der Waals surface area contributed by atoms with Crippen molar-refractivity contribution >= 4 is 57.1 Å². The lowest BCUT2D eigenvalue weighted by atomic mass is 9.78. The summed E-state index contributed by atoms with van der Waals surface area (Å²) in [5.41, 5.74) is 0. The highest BCUT2D eigenvalue weighted by atomic mass is 127. The Morgan fingerprint density at radius 1 is 1.26 bits per heavy atom. The van der Waals surface area contributed by atoms with Gasteiger partial charge >= 0.3 is 11.9 Å². The first kappa shape index (κ1) is 15.9. The molecule has 122 valence electrons. The van der Waals surface area contributed by atoms with E-state index in [1.54, 1.807) is 6.07 Å². The first-order chi connectivity index (χ1) is 10.9. The molecule has 0 radical (unpaired) electrons. The van der Waals surface area contributed by atoms with E-state index in [-0.39, 0.29) is 17.6 Å². The van der Waals surface area contributed by atoms with E-state index in [1.807, 2.05) is 45.2 Å². The number of fused-ring (bicyclic) bond motifs is 1. The number of hydrogen-bond donors (Lipinski definition) is 2. The van der Waals surface area contributed by atoms with Gasteiger partial charge in [-0.2, -0.15) is 0 Å². The van der Waals surface area contributed by atoms with Crippen LogP contribution in [0, 0.1) is 30.8 Å². The van der Waals surface area contributed by atoms with Gasteiger partial charge in [-0.15, -0.1) is 0 Å². The lowest BCUT2D eigenvalue weighted by Crippen LogP contribution is -2.42. The minimum atomic E-state index is -0.792. The monoisotopic (exact) mass is 542 g/mol. The fraction of sp³-hybridized carbons (Fsp3) is 0.467. The lowest BCUT2D eigenvalue weighted by Gasteiger charge is -2.27. The Morgan fingerprint density at radius 3 is 2.74 bits per heavy atom. The van der Waals surface area contributed by atoms with Crippen molar-refractivity contribution in [2.45, 2.75) is 18.6 Å². The first-order valence-corrected chi connectivity index (χ1v) is 9.32. The zero-order chi connectivity index (χ0) is 16.5. The zero-order valence-electron chi connectivity index (χ0n) is 11.6. The van der Waals surface area contributed by atoms with E-state index in [1.165, 1.54) is 6.07 Å². The molecule has 2 bridgehead atoms. The molecule has 2 N–H and O–H groups in total. The summed E-state index contributed by atoms with van der Waals surface area (Å²) in [6.07, 6.45) is -0.637. The van der Waals surface area contributed by atoms with Crippen LogP contribution in [-0.2, 0) is 14.3 Å². The number of aliphatic hydroxyl groups is 1. The molecule has 6 unspecified atom stereocenters. The molecule has 2 aliphatic carbocycles. The maximum absolute atomic E-state index is 12.6. The van der Waals surface area contributed by atoms with Gasteiger partial charge in [0.15, 0.2) is 0 Å². The Balaban J connectivity index is 1.61. The van der Waals surface area contributed by atoms with Gasteiger partial charge in [-0.25, -0.2) is 0 Å². The third kappa shape index (κ3) is 2.28. The molecule has 4 rings (SSSR count). The average molecular weight is 542 g/mol. The maximum atomic E-state index is 12.6. The minimum absolute atomic E-state index is 0.0842. The van der Waals surface area contributed by atoms with E-state index < -0.39 is 36.0 Å². The minimum Gasteiger partial charge on any atom is -0.507 e. The predicted molar refractivity (Wildman–Crippen MR) is 93.6 cm³/mol. The van der Waals surface area contributed by atoms with Gasteiger partial charge in [0.25, 0.3) is 0 Å². The Morgan fingerprint density at radius 2 is 2.00 bits per heavy atom. The van der Waals surface area contributed by atoms with Crippen molar-refractivity contribution in [1.82, 2.24) is 0 Å². The number of esters is 2. The summed E-state index contributed by atoms with van der Waals surface area (Å²) in [5, 5.41) is 19.9. The second kappa shape index (κ2) is 5.45. The van der Waals surface area contributed by atoms with Gasteiger partial charge in [0.05, 0.1) is 25.1 Å². The largest absolute Gasteiger partial charge is 0.507 e. The number of phenols is 1. The zero-order valence-corrected chi connectivity index (χ0v) is 15.9. The highest BCUT2D eigenvalue weighted by Crippen LogP contribution is 2.58. The van der Waals surface area contributed by atoms with Gasteiger partial charge in [-0.1, -0.05) is 0 Å². The van der Waals surface area contributed by atoms with E-state index in [9.17, 15) is 19.8 Å². The molecule has 6 atom stereocenters. The molecule has 3 fully saturated rings. The number of phenolic OH excluding ortho intramolecular Hbond substituents is 1. The van der Waals surface area contributed by atoms with Crippen LogP contribution in [0.3, 0.4) is 0 Å². The fourth-order valence-electron chi connectivity index (χ4n) is 4.11. The Labute approximate surface area is 158 Å². The molecule has 0 aromatic heterocycles. The fourth-order valence-corrected chi connectivity index (χ4v) is 5.11. The SMILES string of the molecule is O=C(Oc1cc(I)c(O)cc1I)C1C2CC3C(OC(=O)C31)C2O. The summed E-state index contributed by atoms with van der Waals surface area (Å²) in [4.78, 5) is 24.6. The number of halogens is 2. The molecule has 1 aromatic rings.